The summed E-state index contributed by atoms with van der Waals surface area (Å²) in [6.45, 7) is 9.97. The van der Waals surface area contributed by atoms with E-state index >= 15 is 0 Å². The highest BCUT2D eigenvalue weighted by Crippen LogP contribution is 2.17. The lowest BCUT2D eigenvalue weighted by atomic mass is 9.98. The second-order valence-corrected chi connectivity index (χ2v) is 5.90. The van der Waals surface area contributed by atoms with Crippen LogP contribution in [0.2, 0.25) is 0 Å². The maximum atomic E-state index is 3.61. The number of benzene rings is 1. The van der Waals surface area contributed by atoms with Crippen molar-refractivity contribution >= 4 is 0 Å². The predicted octanol–water partition coefficient (Wildman–Crippen LogP) is 3.23. The Bertz CT molecular complexity index is 406. The molecule has 106 valence electrons. The number of nitrogens with one attached hydrogen (secondary N) is 2. The van der Waals surface area contributed by atoms with Gasteiger partial charge in [-0.05, 0) is 75.4 Å². The van der Waals surface area contributed by atoms with E-state index in [9.17, 15) is 0 Å². The van der Waals surface area contributed by atoms with Gasteiger partial charge in [-0.15, -0.1) is 0 Å². The van der Waals surface area contributed by atoms with Crippen LogP contribution in [0.4, 0.5) is 0 Å². The molecule has 1 aromatic rings. The van der Waals surface area contributed by atoms with Crippen LogP contribution >= 0.6 is 0 Å². The highest BCUT2D eigenvalue weighted by Gasteiger charge is 2.11. The Morgan fingerprint density at radius 2 is 2.00 bits per heavy atom. The topological polar surface area (TPSA) is 24.1 Å². The molecule has 0 bridgehead atoms. The number of aryl methyl sites for hydroxylation is 1. The molecule has 1 aliphatic heterocycles. The lowest BCUT2D eigenvalue weighted by Crippen LogP contribution is -2.36. The second-order valence-electron chi connectivity index (χ2n) is 5.90. The smallest absolute Gasteiger partial charge is 0.0208 e. The Balaban J connectivity index is 1.75. The van der Waals surface area contributed by atoms with Gasteiger partial charge in [-0.3, -0.25) is 0 Å². The summed E-state index contributed by atoms with van der Waals surface area (Å²) in [4.78, 5) is 0. The lowest BCUT2D eigenvalue weighted by Gasteiger charge is -2.23. The number of piperidine rings is 1. The van der Waals surface area contributed by atoms with Crippen LogP contribution in [0.1, 0.15) is 47.9 Å². The second kappa shape index (κ2) is 7.06. The van der Waals surface area contributed by atoms with Crippen molar-refractivity contribution in [2.45, 2.75) is 59.0 Å². The van der Waals surface area contributed by atoms with Crippen molar-refractivity contribution in [1.29, 1.82) is 0 Å². The molecule has 1 fully saturated rings. The third-order valence-corrected chi connectivity index (χ3v) is 4.57. The van der Waals surface area contributed by atoms with Crippen molar-refractivity contribution in [2.75, 3.05) is 13.1 Å². The average Bonchev–Trinajstić information content (AvgIpc) is 2.44. The molecule has 19 heavy (non-hydrogen) atoms. The van der Waals surface area contributed by atoms with Crippen molar-refractivity contribution in [2.24, 2.45) is 0 Å². The van der Waals surface area contributed by atoms with E-state index < -0.39 is 0 Å². The molecule has 1 saturated heterocycles. The summed E-state index contributed by atoms with van der Waals surface area (Å²) in [6.07, 6.45) is 5.36. The standard InChI is InChI=1S/C17H28N2/c1-13-7-8-16(15(3)14(13)2)12-18-11-9-17-6-4-5-10-19-17/h7-8,17-19H,4-6,9-12H2,1-3H3. The Kier molecular flexibility index (Phi) is 5.41. The Labute approximate surface area is 118 Å². The quantitative estimate of drug-likeness (QED) is 0.794. The first-order chi connectivity index (χ1) is 9.18. The molecule has 1 heterocycles. The van der Waals surface area contributed by atoms with Crippen LogP contribution < -0.4 is 10.6 Å². The Hall–Kier alpha value is -0.860. The summed E-state index contributed by atoms with van der Waals surface area (Å²) >= 11 is 0. The minimum absolute atomic E-state index is 0.738. The van der Waals surface area contributed by atoms with Crippen LogP contribution in [-0.2, 0) is 6.54 Å². The molecule has 0 radical (unpaired) electrons. The number of hydrogen-bond acceptors (Lipinski definition) is 2. The van der Waals surface area contributed by atoms with E-state index in [1.165, 1.54) is 54.5 Å². The Morgan fingerprint density at radius 1 is 1.16 bits per heavy atom. The first-order valence-electron chi connectivity index (χ1n) is 7.68. The molecule has 0 aliphatic carbocycles. The third-order valence-electron chi connectivity index (χ3n) is 4.57. The van der Waals surface area contributed by atoms with Crippen molar-refractivity contribution in [3.63, 3.8) is 0 Å². The fraction of sp³-hybridized carbons (Fsp3) is 0.647. The average molecular weight is 260 g/mol. The van der Waals surface area contributed by atoms with E-state index in [4.69, 9.17) is 0 Å². The SMILES string of the molecule is Cc1ccc(CNCCC2CCCCN2)c(C)c1C. The minimum atomic E-state index is 0.738. The van der Waals surface area contributed by atoms with Crippen LogP contribution in [0.5, 0.6) is 0 Å². The van der Waals surface area contributed by atoms with E-state index in [0.717, 1.165) is 19.1 Å². The van der Waals surface area contributed by atoms with Gasteiger partial charge in [-0.25, -0.2) is 0 Å². The lowest BCUT2D eigenvalue weighted by molar-refractivity contribution is 0.376. The highest BCUT2D eigenvalue weighted by molar-refractivity contribution is 5.38. The summed E-state index contributed by atoms with van der Waals surface area (Å²) in [5.41, 5.74) is 5.73. The molecule has 2 rings (SSSR count). The minimum Gasteiger partial charge on any atom is -0.314 e. The summed E-state index contributed by atoms with van der Waals surface area (Å²) < 4.78 is 0. The molecule has 2 heteroatoms. The molecule has 1 aliphatic rings. The van der Waals surface area contributed by atoms with Crippen LogP contribution in [0.3, 0.4) is 0 Å². The van der Waals surface area contributed by atoms with E-state index in [-0.39, 0.29) is 0 Å². The largest absolute Gasteiger partial charge is 0.314 e. The summed E-state index contributed by atoms with van der Waals surface area (Å²) in [6, 6.07) is 5.24. The maximum absolute atomic E-state index is 3.61. The van der Waals surface area contributed by atoms with Gasteiger partial charge in [0, 0.05) is 12.6 Å². The zero-order chi connectivity index (χ0) is 13.7. The van der Waals surface area contributed by atoms with Crippen molar-refractivity contribution in [3.05, 3.63) is 34.4 Å². The van der Waals surface area contributed by atoms with Gasteiger partial charge in [0.25, 0.3) is 0 Å². The van der Waals surface area contributed by atoms with Crippen LogP contribution in [0.25, 0.3) is 0 Å². The van der Waals surface area contributed by atoms with E-state index in [1.807, 2.05) is 0 Å². The molecular weight excluding hydrogens is 232 g/mol. The van der Waals surface area contributed by atoms with Gasteiger partial charge in [-0.2, -0.15) is 0 Å². The third kappa shape index (κ3) is 4.05. The fourth-order valence-corrected chi connectivity index (χ4v) is 2.87. The normalized spacial score (nSPS) is 19.6. The predicted molar refractivity (Wildman–Crippen MR) is 82.6 cm³/mol. The first-order valence-corrected chi connectivity index (χ1v) is 7.68. The molecule has 2 N–H and O–H groups in total. The molecule has 0 spiro atoms. The summed E-state index contributed by atoms with van der Waals surface area (Å²) in [5.74, 6) is 0. The van der Waals surface area contributed by atoms with Gasteiger partial charge in [0.05, 0.1) is 0 Å². The molecule has 0 saturated carbocycles. The van der Waals surface area contributed by atoms with E-state index in [1.54, 1.807) is 0 Å². The fourth-order valence-electron chi connectivity index (χ4n) is 2.87. The molecular formula is C17H28N2. The van der Waals surface area contributed by atoms with Crippen molar-refractivity contribution < 1.29 is 0 Å². The zero-order valence-electron chi connectivity index (χ0n) is 12.7. The van der Waals surface area contributed by atoms with Gasteiger partial charge in [0.15, 0.2) is 0 Å². The molecule has 1 aromatic carbocycles. The van der Waals surface area contributed by atoms with E-state index in [0.29, 0.717) is 0 Å². The highest BCUT2D eigenvalue weighted by atomic mass is 14.9. The summed E-state index contributed by atoms with van der Waals surface area (Å²) in [5, 5.41) is 7.20. The molecule has 0 aromatic heterocycles. The van der Waals surface area contributed by atoms with Crippen LogP contribution in [0, 0.1) is 20.8 Å². The molecule has 0 amide bonds. The number of rotatable bonds is 5. The van der Waals surface area contributed by atoms with Crippen molar-refractivity contribution in [1.82, 2.24) is 10.6 Å². The molecule has 1 unspecified atom stereocenters. The van der Waals surface area contributed by atoms with Crippen molar-refractivity contribution in [3.8, 4) is 0 Å². The maximum Gasteiger partial charge on any atom is 0.0208 e. The molecule has 2 nitrogen and oxygen atoms in total. The van der Waals surface area contributed by atoms with Gasteiger partial charge < -0.3 is 10.6 Å². The van der Waals surface area contributed by atoms with Gasteiger partial charge in [-0.1, -0.05) is 18.6 Å². The molecule has 1 atom stereocenters. The monoisotopic (exact) mass is 260 g/mol. The first kappa shape index (κ1) is 14.5. The zero-order valence-corrected chi connectivity index (χ0v) is 12.7. The van der Waals surface area contributed by atoms with Gasteiger partial charge in [0.2, 0.25) is 0 Å². The van der Waals surface area contributed by atoms with Crippen LogP contribution in [-0.4, -0.2) is 19.1 Å². The Morgan fingerprint density at radius 3 is 2.74 bits per heavy atom. The van der Waals surface area contributed by atoms with Gasteiger partial charge in [0.1, 0.15) is 0 Å². The van der Waals surface area contributed by atoms with Gasteiger partial charge >= 0.3 is 0 Å². The van der Waals surface area contributed by atoms with E-state index in [2.05, 4.69) is 43.5 Å². The number of hydrogen-bond donors (Lipinski definition) is 2. The summed E-state index contributed by atoms with van der Waals surface area (Å²) in [7, 11) is 0. The van der Waals surface area contributed by atoms with Crippen LogP contribution in [0.15, 0.2) is 12.1 Å².